The predicted octanol–water partition coefficient (Wildman–Crippen LogP) is 3.37. The van der Waals surface area contributed by atoms with E-state index in [-0.39, 0.29) is 24.0 Å². The summed E-state index contributed by atoms with van der Waals surface area (Å²) in [6.45, 7) is 6.04. The maximum Gasteiger partial charge on any atom is 0.338 e. The summed E-state index contributed by atoms with van der Waals surface area (Å²) >= 11 is 0. The zero-order valence-electron chi connectivity index (χ0n) is 17.2. The fourth-order valence-electron chi connectivity index (χ4n) is 3.31. The van der Waals surface area contributed by atoms with Crippen molar-refractivity contribution in [3.05, 3.63) is 46.8 Å². The summed E-state index contributed by atoms with van der Waals surface area (Å²) in [7, 11) is 4.64. The second kappa shape index (κ2) is 9.41. The number of rotatable bonds is 9. The van der Waals surface area contributed by atoms with Gasteiger partial charge in [0.1, 0.15) is 0 Å². The number of aromatic nitrogens is 1. The first-order valence-corrected chi connectivity index (χ1v) is 8.93. The molecule has 2 aromatic rings. The number of hydrogen-bond donors (Lipinski definition) is 0. The smallest absolute Gasteiger partial charge is 0.338 e. The predicted molar refractivity (Wildman–Crippen MR) is 105 cm³/mol. The first-order chi connectivity index (χ1) is 13.3. The standard InChI is InChI=1S/C21H27NO6/c1-13-9-17(15(3)22(13)14(2)11-25-4)18(23)12-28-21(24)16-7-8-19(26-5)20(10-16)27-6/h7-10,14H,11-12H2,1-6H3. The lowest BCUT2D eigenvalue weighted by molar-refractivity contribution is 0.0474. The number of aryl methyl sites for hydroxylation is 1. The zero-order valence-corrected chi connectivity index (χ0v) is 17.2. The molecule has 1 unspecified atom stereocenters. The van der Waals surface area contributed by atoms with Crippen molar-refractivity contribution in [2.24, 2.45) is 0 Å². The van der Waals surface area contributed by atoms with E-state index in [0.29, 0.717) is 23.7 Å². The number of ketones is 1. The van der Waals surface area contributed by atoms with Crippen LogP contribution in [0.2, 0.25) is 0 Å². The molecule has 1 aromatic heterocycles. The van der Waals surface area contributed by atoms with Crippen molar-refractivity contribution < 1.29 is 28.5 Å². The van der Waals surface area contributed by atoms with Crippen molar-refractivity contribution in [2.75, 3.05) is 34.5 Å². The van der Waals surface area contributed by atoms with Gasteiger partial charge < -0.3 is 23.5 Å². The van der Waals surface area contributed by atoms with Crippen LogP contribution in [-0.4, -0.2) is 50.9 Å². The molecule has 28 heavy (non-hydrogen) atoms. The maximum atomic E-state index is 12.6. The fraction of sp³-hybridized carbons (Fsp3) is 0.429. The number of carbonyl (C=O) groups is 2. The van der Waals surface area contributed by atoms with Gasteiger partial charge in [-0.1, -0.05) is 0 Å². The highest BCUT2D eigenvalue weighted by Gasteiger charge is 2.20. The molecule has 0 amide bonds. The molecular formula is C21H27NO6. The van der Waals surface area contributed by atoms with Gasteiger partial charge in [-0.2, -0.15) is 0 Å². The Labute approximate surface area is 165 Å². The number of ether oxygens (including phenoxy) is 4. The van der Waals surface area contributed by atoms with E-state index < -0.39 is 5.97 Å². The lowest BCUT2D eigenvalue weighted by Crippen LogP contribution is -2.17. The van der Waals surface area contributed by atoms with Gasteiger partial charge in [-0.25, -0.2) is 4.79 Å². The second-order valence-electron chi connectivity index (χ2n) is 6.53. The average molecular weight is 389 g/mol. The van der Waals surface area contributed by atoms with Crippen LogP contribution in [0.1, 0.15) is 45.1 Å². The Morgan fingerprint density at radius 3 is 2.32 bits per heavy atom. The molecule has 0 N–H and O–H groups in total. The van der Waals surface area contributed by atoms with Crippen LogP contribution in [0.3, 0.4) is 0 Å². The van der Waals surface area contributed by atoms with Crippen LogP contribution in [0.15, 0.2) is 24.3 Å². The summed E-state index contributed by atoms with van der Waals surface area (Å²) in [4.78, 5) is 24.9. The van der Waals surface area contributed by atoms with Gasteiger partial charge in [-0.15, -0.1) is 0 Å². The number of esters is 1. The van der Waals surface area contributed by atoms with Gasteiger partial charge in [0.2, 0.25) is 5.78 Å². The third kappa shape index (κ3) is 4.54. The SMILES string of the molecule is COCC(C)n1c(C)cc(C(=O)COC(=O)c2ccc(OC)c(OC)c2)c1C. The van der Waals surface area contributed by atoms with Gasteiger partial charge >= 0.3 is 5.97 Å². The second-order valence-corrected chi connectivity index (χ2v) is 6.53. The highest BCUT2D eigenvalue weighted by Crippen LogP contribution is 2.28. The van der Waals surface area contributed by atoms with Gasteiger partial charge in [0.15, 0.2) is 18.1 Å². The van der Waals surface area contributed by atoms with Crippen LogP contribution >= 0.6 is 0 Å². The van der Waals surface area contributed by atoms with Crippen molar-refractivity contribution in [2.45, 2.75) is 26.8 Å². The van der Waals surface area contributed by atoms with E-state index in [1.54, 1.807) is 19.2 Å². The van der Waals surface area contributed by atoms with E-state index in [1.165, 1.54) is 20.3 Å². The van der Waals surface area contributed by atoms with E-state index >= 15 is 0 Å². The topological polar surface area (TPSA) is 76.0 Å². The highest BCUT2D eigenvalue weighted by molar-refractivity contribution is 6.00. The molecule has 0 saturated heterocycles. The van der Waals surface area contributed by atoms with Crippen molar-refractivity contribution in [3.63, 3.8) is 0 Å². The zero-order chi connectivity index (χ0) is 20.8. The number of Topliss-reactive ketones (excluding diaryl/α,β-unsaturated/α-hetero) is 1. The van der Waals surface area contributed by atoms with Crippen LogP contribution in [0.5, 0.6) is 11.5 Å². The third-order valence-corrected chi connectivity index (χ3v) is 4.59. The van der Waals surface area contributed by atoms with Crippen LogP contribution in [0.25, 0.3) is 0 Å². The lowest BCUT2D eigenvalue weighted by atomic mass is 10.1. The molecular weight excluding hydrogens is 362 g/mol. The molecule has 1 atom stereocenters. The molecule has 1 aromatic carbocycles. The molecule has 0 aliphatic carbocycles. The van der Waals surface area contributed by atoms with E-state index in [4.69, 9.17) is 18.9 Å². The molecule has 2 rings (SSSR count). The molecule has 0 aliphatic heterocycles. The normalized spacial score (nSPS) is 11.8. The monoisotopic (exact) mass is 389 g/mol. The van der Waals surface area contributed by atoms with Gasteiger partial charge in [0.05, 0.1) is 32.4 Å². The largest absolute Gasteiger partial charge is 0.493 e. The molecule has 0 bridgehead atoms. The first kappa shape index (κ1) is 21.5. The van der Waals surface area contributed by atoms with Gasteiger partial charge in [-0.3, -0.25) is 4.79 Å². The van der Waals surface area contributed by atoms with E-state index in [9.17, 15) is 9.59 Å². The van der Waals surface area contributed by atoms with Crippen LogP contribution in [-0.2, 0) is 9.47 Å². The summed E-state index contributed by atoms with van der Waals surface area (Å²) in [5.41, 5.74) is 2.61. The molecule has 7 heteroatoms. The molecule has 0 aliphatic rings. The molecule has 0 fully saturated rings. The van der Waals surface area contributed by atoms with Gasteiger partial charge in [0.25, 0.3) is 0 Å². The Morgan fingerprint density at radius 2 is 1.71 bits per heavy atom. The number of methoxy groups -OCH3 is 3. The van der Waals surface area contributed by atoms with Crippen molar-refractivity contribution in [1.82, 2.24) is 4.57 Å². The minimum Gasteiger partial charge on any atom is -0.493 e. The number of benzene rings is 1. The molecule has 0 spiro atoms. The van der Waals surface area contributed by atoms with E-state index in [1.807, 2.05) is 31.4 Å². The van der Waals surface area contributed by atoms with Crippen LogP contribution in [0, 0.1) is 13.8 Å². The minimum atomic E-state index is -0.601. The molecule has 0 saturated carbocycles. The number of carbonyl (C=O) groups excluding carboxylic acids is 2. The summed E-state index contributed by atoms with van der Waals surface area (Å²) in [5, 5.41) is 0. The van der Waals surface area contributed by atoms with E-state index in [0.717, 1.165) is 11.4 Å². The van der Waals surface area contributed by atoms with E-state index in [2.05, 4.69) is 0 Å². The first-order valence-electron chi connectivity index (χ1n) is 8.93. The van der Waals surface area contributed by atoms with Crippen molar-refractivity contribution >= 4 is 11.8 Å². The average Bonchev–Trinajstić information content (AvgIpc) is 2.99. The summed E-state index contributed by atoms with van der Waals surface area (Å²) in [6, 6.07) is 6.60. The summed E-state index contributed by atoms with van der Waals surface area (Å²) in [6.07, 6.45) is 0. The van der Waals surface area contributed by atoms with Gasteiger partial charge in [-0.05, 0) is 45.0 Å². The molecule has 152 valence electrons. The Morgan fingerprint density at radius 1 is 1.04 bits per heavy atom. The Bertz CT molecular complexity index is 855. The number of hydrogen-bond acceptors (Lipinski definition) is 6. The van der Waals surface area contributed by atoms with Gasteiger partial charge in [0, 0.05) is 24.1 Å². The fourth-order valence-corrected chi connectivity index (χ4v) is 3.31. The maximum absolute atomic E-state index is 12.6. The van der Waals surface area contributed by atoms with Crippen molar-refractivity contribution in [1.29, 1.82) is 0 Å². The summed E-state index contributed by atoms with van der Waals surface area (Å²) in [5.74, 6) is 0.0698. The molecule has 0 radical (unpaired) electrons. The molecule has 1 heterocycles. The van der Waals surface area contributed by atoms with Crippen molar-refractivity contribution in [3.8, 4) is 11.5 Å². The lowest BCUT2D eigenvalue weighted by Gasteiger charge is -2.17. The third-order valence-electron chi connectivity index (χ3n) is 4.59. The highest BCUT2D eigenvalue weighted by atomic mass is 16.5. The van der Waals surface area contributed by atoms with Crippen LogP contribution in [0.4, 0.5) is 0 Å². The Hall–Kier alpha value is -2.80. The van der Waals surface area contributed by atoms with Crippen LogP contribution < -0.4 is 9.47 Å². The quantitative estimate of drug-likeness (QED) is 0.483. The Kier molecular flexibility index (Phi) is 7.23. The number of nitrogens with zero attached hydrogens (tertiary/aromatic N) is 1. The molecule has 7 nitrogen and oxygen atoms in total. The summed E-state index contributed by atoms with van der Waals surface area (Å²) < 4.78 is 22.8. The Balaban J connectivity index is 2.10. The minimum absolute atomic E-state index is 0.0980.